The van der Waals surface area contributed by atoms with E-state index in [-0.39, 0.29) is 81.9 Å². The molecule has 14 rings (SSSR count). The molecule has 6 heterocycles. The van der Waals surface area contributed by atoms with Crippen molar-refractivity contribution in [3.63, 3.8) is 0 Å². The van der Waals surface area contributed by atoms with Crippen LogP contribution in [0.15, 0.2) is 106 Å². The normalized spacial score (nSPS) is 31.1. The van der Waals surface area contributed by atoms with Crippen LogP contribution in [0.4, 0.5) is 0 Å². The van der Waals surface area contributed by atoms with Gasteiger partial charge in [-0.05, 0) is 199 Å². The molecule has 0 radical (unpaired) electrons. The quantitative estimate of drug-likeness (QED) is 0.0806. The Hall–Kier alpha value is -7.82. The predicted molar refractivity (Wildman–Crippen MR) is 348 cm³/mol. The molecule has 4 fully saturated rings. The minimum atomic E-state index is -1.55. The molecule has 2 N–H and O–H groups in total. The summed E-state index contributed by atoms with van der Waals surface area (Å²) in [5.74, 6) is -1.21. The zero-order chi connectivity index (χ0) is 66.8. The lowest BCUT2D eigenvalue weighted by Crippen LogP contribution is -2.72. The summed E-state index contributed by atoms with van der Waals surface area (Å²) in [5.41, 5.74) is -1.37. The molecular formula is C76H88O16. The van der Waals surface area contributed by atoms with E-state index in [1.165, 1.54) is 11.1 Å². The maximum absolute atomic E-state index is 14.7. The third kappa shape index (κ3) is 10.0. The lowest BCUT2D eigenvalue weighted by Gasteiger charge is -2.56. The van der Waals surface area contributed by atoms with E-state index in [0.29, 0.717) is 108 Å². The number of aromatic hydroxyl groups is 2. The van der Waals surface area contributed by atoms with Crippen molar-refractivity contribution in [2.24, 2.45) is 23.7 Å². The van der Waals surface area contributed by atoms with Gasteiger partial charge < -0.3 is 48.1 Å². The van der Waals surface area contributed by atoms with E-state index >= 15 is 0 Å². The van der Waals surface area contributed by atoms with Gasteiger partial charge in [-0.2, -0.15) is 0 Å². The number of Topliss-reactive ketones (excluding diaryl/α,β-unsaturated/α-hetero) is 4. The number of allylic oxidation sites excluding steroid dienone is 12. The first-order valence-electron chi connectivity index (χ1n) is 32.3. The fourth-order valence-electron chi connectivity index (χ4n) is 16.4. The van der Waals surface area contributed by atoms with Gasteiger partial charge in [0.1, 0.15) is 68.3 Å². The Labute approximate surface area is 539 Å². The van der Waals surface area contributed by atoms with Gasteiger partial charge in [0.15, 0.2) is 45.5 Å². The Balaban J connectivity index is 0.000000188. The van der Waals surface area contributed by atoms with Gasteiger partial charge in [-0.3, -0.25) is 28.8 Å². The fourth-order valence-corrected chi connectivity index (χ4v) is 16.4. The Morgan fingerprint density at radius 2 is 0.870 bits per heavy atom. The molecule has 2 unspecified atom stereocenters. The molecule has 2 aromatic carbocycles. The van der Waals surface area contributed by atoms with Crippen molar-refractivity contribution in [2.75, 3.05) is 0 Å². The number of rotatable bonds is 18. The van der Waals surface area contributed by atoms with Crippen LogP contribution in [0.5, 0.6) is 34.5 Å². The van der Waals surface area contributed by atoms with Crippen molar-refractivity contribution in [2.45, 2.75) is 220 Å². The molecule has 488 valence electrons. The summed E-state index contributed by atoms with van der Waals surface area (Å²) < 4.78 is 51.5. The maximum atomic E-state index is 14.7. The molecule has 2 aromatic rings. The SMILES string of the molecule is CC(C)=CCC[C@@]1(C)C=Cc2c(O)c3c(c(CC=C(C)C)c2O1)O[C@]12C(=C[C@@H]4CC1C(C)(C)O[C@]2(C/C=C(/C)OC=O)C4=O)C3=O.CC(C)=CCC[C@]1(C)C=Cc2c(O)c3c(c(CC=C(C)C)c2O1)O[C@]12C(=C[C@@H]4CC1C(C)(C)O[C@]2(C/C=C(/C)OC=O)C4=O)C3=O. The highest BCUT2D eigenvalue weighted by Gasteiger charge is 2.83. The fraction of sp³-hybridized carbons (Fsp3) is 0.500. The average molecular weight is 1260 g/mol. The Bertz CT molecular complexity index is 3640. The number of phenols is 2. The highest BCUT2D eigenvalue weighted by atomic mass is 16.6. The molecule has 0 amide bonds. The third-order valence-electron chi connectivity index (χ3n) is 20.7. The van der Waals surface area contributed by atoms with Gasteiger partial charge in [-0.15, -0.1) is 0 Å². The smallest absolute Gasteiger partial charge is 0.298 e. The van der Waals surface area contributed by atoms with E-state index in [1.54, 1.807) is 38.2 Å². The second kappa shape index (κ2) is 23.0. The number of fused-ring (bicyclic) bond motifs is 4. The van der Waals surface area contributed by atoms with Gasteiger partial charge in [-0.1, -0.05) is 58.7 Å². The Kier molecular flexibility index (Phi) is 16.4. The average Bonchev–Trinajstić information content (AvgIpc) is 1.42. The lowest BCUT2D eigenvalue weighted by molar-refractivity contribution is -0.172. The summed E-state index contributed by atoms with van der Waals surface area (Å²) in [6.07, 6.45) is 27.6. The van der Waals surface area contributed by atoms with Crippen molar-refractivity contribution >= 4 is 48.2 Å². The second-order valence-corrected chi connectivity index (χ2v) is 29.2. The summed E-state index contributed by atoms with van der Waals surface area (Å²) in [7, 11) is 0. The molecule has 2 saturated heterocycles. The monoisotopic (exact) mass is 1260 g/mol. The summed E-state index contributed by atoms with van der Waals surface area (Å²) in [4.78, 5) is 80.3. The van der Waals surface area contributed by atoms with Crippen molar-refractivity contribution in [3.8, 4) is 34.5 Å². The highest BCUT2D eigenvalue weighted by Crippen LogP contribution is 2.71. The van der Waals surface area contributed by atoms with Gasteiger partial charge in [0.2, 0.25) is 0 Å². The standard InChI is InChI=1S/2C38H44O8/c2*1-21(2)10-9-15-36(8)16-14-25-30(40)29-31(41)27-18-24-19-28-35(6,7)46-37(34(24)42,17-13-23(5)43-20-39)38(27,28)45-33(29)26(32(25)44-36)12-11-22(3)4/h2*10-11,13-14,16,18,20,24,28,40H,9,12,15,17,19H2,1-8H3/b2*23-13-/t24-,28?,36+,37-,38-;24-,28?,36-,37-,38-/m11/s1. The Morgan fingerprint density at radius 3 is 1.21 bits per heavy atom. The molecule has 8 bridgehead atoms. The van der Waals surface area contributed by atoms with Gasteiger partial charge in [0.05, 0.1) is 22.3 Å². The van der Waals surface area contributed by atoms with E-state index < -0.39 is 56.6 Å². The van der Waals surface area contributed by atoms with E-state index in [2.05, 4.69) is 39.8 Å². The van der Waals surface area contributed by atoms with E-state index in [9.17, 15) is 39.0 Å². The zero-order valence-corrected chi connectivity index (χ0v) is 56.1. The summed E-state index contributed by atoms with van der Waals surface area (Å²) in [6.45, 7) is 31.9. The molecule has 6 aliphatic carbocycles. The van der Waals surface area contributed by atoms with Gasteiger partial charge in [0.25, 0.3) is 12.9 Å². The first-order valence-corrected chi connectivity index (χ1v) is 32.3. The molecule has 6 aliphatic heterocycles. The van der Waals surface area contributed by atoms with Crippen LogP contribution in [0.3, 0.4) is 0 Å². The van der Waals surface area contributed by atoms with Crippen molar-refractivity contribution in [1.29, 1.82) is 0 Å². The zero-order valence-electron chi connectivity index (χ0n) is 56.1. The molecule has 16 nitrogen and oxygen atoms in total. The molecule has 16 heteroatoms. The number of benzene rings is 2. The molecule has 2 spiro atoms. The van der Waals surface area contributed by atoms with Crippen LogP contribution in [-0.4, -0.2) is 91.1 Å². The van der Waals surface area contributed by atoms with Crippen LogP contribution in [0.2, 0.25) is 0 Å². The number of ether oxygens (including phenoxy) is 8. The molecule has 10 atom stereocenters. The number of phenolic OH excluding ortho intramolecular Hbond substituents is 2. The number of ketones is 4. The maximum Gasteiger partial charge on any atom is 0.298 e. The van der Waals surface area contributed by atoms with Crippen LogP contribution in [0.25, 0.3) is 12.2 Å². The van der Waals surface area contributed by atoms with Crippen molar-refractivity contribution in [3.05, 3.63) is 139 Å². The number of hydrogen-bond donors (Lipinski definition) is 2. The number of hydrogen-bond acceptors (Lipinski definition) is 16. The van der Waals surface area contributed by atoms with Crippen LogP contribution in [-0.2, 0) is 51.0 Å². The Morgan fingerprint density at radius 1 is 0.511 bits per heavy atom. The minimum Gasteiger partial charge on any atom is -0.506 e. The lowest BCUT2D eigenvalue weighted by atomic mass is 9.51. The number of carbonyl (C=O) groups is 6. The molecule has 12 aliphatic rings. The largest absolute Gasteiger partial charge is 0.506 e. The van der Waals surface area contributed by atoms with Crippen LogP contribution < -0.4 is 18.9 Å². The topological polar surface area (TPSA) is 217 Å². The summed E-state index contributed by atoms with van der Waals surface area (Å²) in [5, 5.41) is 23.6. The first-order chi connectivity index (χ1) is 43.2. The predicted octanol–water partition coefficient (Wildman–Crippen LogP) is 14.6. The van der Waals surface area contributed by atoms with E-state index in [4.69, 9.17) is 37.9 Å². The molecule has 92 heavy (non-hydrogen) atoms. The van der Waals surface area contributed by atoms with Crippen molar-refractivity contribution < 1.29 is 76.9 Å². The second-order valence-electron chi connectivity index (χ2n) is 29.2. The number of carbonyl (C=O) groups excluding carboxylic acids is 6. The van der Waals surface area contributed by atoms with Gasteiger partial charge >= 0.3 is 0 Å². The van der Waals surface area contributed by atoms with Crippen LogP contribution in [0, 0.1) is 23.7 Å². The van der Waals surface area contributed by atoms with E-state index in [0.717, 1.165) is 24.0 Å². The molecule has 0 aromatic heterocycles. The minimum absolute atomic E-state index is 0.0454. The highest BCUT2D eigenvalue weighted by molar-refractivity contribution is 6.20. The van der Waals surface area contributed by atoms with Crippen LogP contribution >= 0.6 is 0 Å². The summed E-state index contributed by atoms with van der Waals surface area (Å²) in [6, 6.07) is 0. The summed E-state index contributed by atoms with van der Waals surface area (Å²) >= 11 is 0. The van der Waals surface area contributed by atoms with Gasteiger partial charge in [0, 0.05) is 58.8 Å². The van der Waals surface area contributed by atoms with E-state index in [1.807, 2.05) is 106 Å². The molecule has 2 saturated carbocycles. The van der Waals surface area contributed by atoms with Crippen molar-refractivity contribution in [1.82, 2.24) is 0 Å². The van der Waals surface area contributed by atoms with Crippen LogP contribution in [0.1, 0.15) is 205 Å². The third-order valence-corrected chi connectivity index (χ3v) is 20.7. The molecular weight excluding hydrogens is 1170 g/mol. The first kappa shape index (κ1) is 65.7. The van der Waals surface area contributed by atoms with Gasteiger partial charge in [-0.25, -0.2) is 0 Å².